The van der Waals surface area contributed by atoms with Gasteiger partial charge in [-0.05, 0) is 37.5 Å². The molecule has 0 aliphatic heterocycles. The van der Waals surface area contributed by atoms with Gasteiger partial charge in [-0.3, -0.25) is 37.3 Å². The van der Waals surface area contributed by atoms with E-state index in [9.17, 15) is 43.2 Å². The number of esters is 4. The van der Waals surface area contributed by atoms with E-state index in [-0.39, 0.29) is 25.7 Å². The molecule has 0 spiro atoms. The summed E-state index contributed by atoms with van der Waals surface area (Å²) >= 11 is 0. The third kappa shape index (κ3) is 76.6. The fourth-order valence-electron chi connectivity index (χ4n) is 13.0. The van der Waals surface area contributed by atoms with E-state index in [0.717, 1.165) is 102 Å². The highest BCUT2D eigenvalue weighted by molar-refractivity contribution is 7.47. The van der Waals surface area contributed by atoms with Gasteiger partial charge in [-0.1, -0.05) is 395 Å². The first-order valence-corrected chi connectivity index (χ1v) is 46.5. The van der Waals surface area contributed by atoms with E-state index in [1.165, 1.54) is 263 Å². The van der Waals surface area contributed by atoms with Crippen LogP contribution in [0.1, 0.15) is 446 Å². The molecule has 0 fully saturated rings. The van der Waals surface area contributed by atoms with Gasteiger partial charge in [0.2, 0.25) is 0 Å². The summed E-state index contributed by atoms with van der Waals surface area (Å²) < 4.78 is 68.9. The molecule has 0 rings (SSSR count). The zero-order valence-electron chi connectivity index (χ0n) is 67.6. The second-order valence-corrected chi connectivity index (χ2v) is 33.8. The Bertz CT molecular complexity index is 1980. The Morgan fingerprint density at radius 3 is 0.738 bits per heavy atom. The largest absolute Gasteiger partial charge is 0.472 e. The van der Waals surface area contributed by atoms with E-state index in [0.29, 0.717) is 25.7 Å². The molecule has 6 atom stereocenters. The Morgan fingerprint density at radius 2 is 0.495 bits per heavy atom. The molecule has 0 aromatic carbocycles. The van der Waals surface area contributed by atoms with Gasteiger partial charge in [0.25, 0.3) is 0 Å². The molecule has 0 aromatic rings. The molecule has 0 saturated carbocycles. The minimum atomic E-state index is -4.96. The maximum atomic E-state index is 13.1. The van der Waals surface area contributed by atoms with Gasteiger partial charge < -0.3 is 33.8 Å². The first kappa shape index (κ1) is 101. The van der Waals surface area contributed by atoms with Crippen LogP contribution in [-0.4, -0.2) is 96.7 Å². The Kier molecular flexibility index (Phi) is 74.1. The summed E-state index contributed by atoms with van der Waals surface area (Å²) in [5.74, 6) is -0.470. The van der Waals surface area contributed by atoms with Gasteiger partial charge in [-0.2, -0.15) is 0 Å². The summed E-state index contributed by atoms with van der Waals surface area (Å²) in [6.07, 6.45) is 66.4. The van der Waals surface area contributed by atoms with Crippen molar-refractivity contribution in [1.82, 2.24) is 0 Å². The van der Waals surface area contributed by atoms with Crippen molar-refractivity contribution < 1.29 is 80.2 Å². The highest BCUT2D eigenvalue weighted by Gasteiger charge is 2.30. The number of hydrogen-bond donors (Lipinski definition) is 3. The van der Waals surface area contributed by atoms with Crippen molar-refractivity contribution in [1.29, 1.82) is 0 Å². The SMILES string of the molecule is CCCCCCCCCCCCCCCCCCCCC(=O)OC[C@H](COP(=O)(O)OC[C@@H](O)COP(=O)(O)OC[C@@H](COC(=O)CCCCCCCCCCCCC)OC(=O)CCCCCCCCCCCCCCCC(C)C)OC(=O)CCCCCCCCCCCCCCCCC(C)CC. The van der Waals surface area contributed by atoms with Gasteiger partial charge in [0.05, 0.1) is 26.4 Å². The second kappa shape index (κ2) is 75.5. The van der Waals surface area contributed by atoms with Crippen molar-refractivity contribution in [2.24, 2.45) is 11.8 Å². The van der Waals surface area contributed by atoms with Gasteiger partial charge >= 0.3 is 39.5 Å². The molecule has 0 aromatic heterocycles. The Labute approximate surface area is 632 Å². The third-order valence-corrected chi connectivity index (χ3v) is 22.0. The molecular formula is C84H164O17P2. The molecule has 3 unspecified atom stereocenters. The van der Waals surface area contributed by atoms with E-state index in [2.05, 4.69) is 41.5 Å². The average molecular weight is 1510 g/mol. The zero-order valence-corrected chi connectivity index (χ0v) is 69.4. The van der Waals surface area contributed by atoms with E-state index in [1.807, 2.05) is 0 Å². The lowest BCUT2D eigenvalue weighted by Gasteiger charge is -2.21. The molecule has 0 aliphatic carbocycles. The van der Waals surface area contributed by atoms with Gasteiger partial charge in [-0.15, -0.1) is 0 Å². The highest BCUT2D eigenvalue weighted by Crippen LogP contribution is 2.45. The molecule has 0 bridgehead atoms. The summed E-state index contributed by atoms with van der Waals surface area (Å²) in [5, 5.41) is 10.7. The first-order valence-electron chi connectivity index (χ1n) is 43.5. The Balaban J connectivity index is 5.25. The molecule has 0 saturated heterocycles. The van der Waals surface area contributed by atoms with Gasteiger partial charge in [0, 0.05) is 25.7 Å². The van der Waals surface area contributed by atoms with Crippen molar-refractivity contribution in [3.63, 3.8) is 0 Å². The van der Waals surface area contributed by atoms with Crippen LogP contribution < -0.4 is 0 Å². The highest BCUT2D eigenvalue weighted by atomic mass is 31.2. The Hall–Kier alpha value is -1.94. The van der Waals surface area contributed by atoms with E-state index < -0.39 is 97.5 Å². The number of phosphoric acid groups is 2. The molecule has 0 radical (unpaired) electrons. The quantitative estimate of drug-likeness (QED) is 0.0222. The van der Waals surface area contributed by atoms with Crippen molar-refractivity contribution >= 4 is 39.5 Å². The van der Waals surface area contributed by atoms with Crippen LogP contribution in [0, 0.1) is 11.8 Å². The van der Waals surface area contributed by atoms with Crippen LogP contribution in [0.15, 0.2) is 0 Å². The van der Waals surface area contributed by atoms with Crippen molar-refractivity contribution in [3.05, 3.63) is 0 Å². The number of phosphoric ester groups is 2. The van der Waals surface area contributed by atoms with Gasteiger partial charge in [0.15, 0.2) is 12.2 Å². The average Bonchev–Trinajstić information content (AvgIpc) is 0.909. The monoisotopic (exact) mass is 1510 g/mol. The molecule has 0 aliphatic rings. The van der Waals surface area contributed by atoms with Gasteiger partial charge in [0.1, 0.15) is 19.3 Å². The number of aliphatic hydroxyl groups is 1. The zero-order chi connectivity index (χ0) is 75.6. The number of unbranched alkanes of at least 4 members (excludes halogenated alkanes) is 52. The maximum Gasteiger partial charge on any atom is 0.472 e. The Morgan fingerprint density at radius 1 is 0.282 bits per heavy atom. The van der Waals surface area contributed by atoms with Crippen LogP contribution in [-0.2, 0) is 65.4 Å². The van der Waals surface area contributed by atoms with Crippen LogP contribution in [0.4, 0.5) is 0 Å². The van der Waals surface area contributed by atoms with E-state index in [4.69, 9.17) is 37.0 Å². The number of carbonyl (C=O) groups excluding carboxylic acids is 4. The lowest BCUT2D eigenvalue weighted by Crippen LogP contribution is -2.30. The first-order chi connectivity index (χ1) is 49.9. The number of ether oxygens (including phenoxy) is 4. The summed E-state index contributed by atoms with van der Waals surface area (Å²) in [5.41, 5.74) is 0. The molecule has 612 valence electrons. The van der Waals surface area contributed by atoms with Crippen LogP contribution in [0.2, 0.25) is 0 Å². The van der Waals surface area contributed by atoms with Gasteiger partial charge in [-0.25, -0.2) is 9.13 Å². The van der Waals surface area contributed by atoms with Crippen LogP contribution in [0.5, 0.6) is 0 Å². The lowest BCUT2D eigenvalue weighted by molar-refractivity contribution is -0.161. The standard InChI is InChI=1S/C84H164O17P2/c1-7-10-12-14-16-18-20-21-22-23-24-25-31-37-43-49-55-61-67-82(87)95-73-80(101-83(88)68-62-56-50-44-38-32-27-26-30-36-41-47-53-59-65-77(6)9-3)75-99-103(92,93)97-71-78(85)70-96-102(90,91)98-74-79(72-94-81(86)66-60-54-48-42-34-19-17-15-13-11-8-2)100-84(89)69-63-57-51-45-39-33-28-29-35-40-46-52-58-64-76(4)5/h76-80,85H,7-75H2,1-6H3,(H,90,91)(H,92,93)/t77?,78-,79+,80+/m0/s1. The fraction of sp³-hybridized carbons (Fsp3) is 0.952. The smallest absolute Gasteiger partial charge is 0.462 e. The molecule has 3 N–H and O–H groups in total. The third-order valence-electron chi connectivity index (χ3n) is 20.1. The van der Waals surface area contributed by atoms with E-state index in [1.54, 1.807) is 0 Å². The fourth-order valence-corrected chi connectivity index (χ4v) is 14.6. The number of rotatable bonds is 83. The van der Waals surface area contributed by atoms with Crippen molar-refractivity contribution in [2.75, 3.05) is 39.6 Å². The number of carbonyl (C=O) groups is 4. The summed E-state index contributed by atoms with van der Waals surface area (Å²) in [6, 6.07) is 0. The minimum Gasteiger partial charge on any atom is -0.462 e. The number of hydrogen-bond acceptors (Lipinski definition) is 15. The lowest BCUT2D eigenvalue weighted by atomic mass is 9.99. The predicted molar refractivity (Wildman–Crippen MR) is 423 cm³/mol. The second-order valence-electron chi connectivity index (χ2n) is 30.9. The maximum absolute atomic E-state index is 13.1. The molecule has 19 heteroatoms. The van der Waals surface area contributed by atoms with E-state index >= 15 is 0 Å². The molecule has 103 heavy (non-hydrogen) atoms. The normalized spacial score (nSPS) is 14.1. The minimum absolute atomic E-state index is 0.108. The number of aliphatic hydroxyl groups excluding tert-OH is 1. The van der Waals surface area contributed by atoms with Crippen molar-refractivity contribution in [3.8, 4) is 0 Å². The molecule has 0 heterocycles. The molecular weight excluding hydrogens is 1340 g/mol. The topological polar surface area (TPSA) is 237 Å². The summed E-state index contributed by atoms with van der Waals surface area (Å²) in [6.45, 7) is 9.73. The van der Waals surface area contributed by atoms with Crippen LogP contribution in [0.3, 0.4) is 0 Å². The predicted octanol–water partition coefficient (Wildman–Crippen LogP) is 25.5. The summed E-state index contributed by atoms with van der Waals surface area (Å²) in [7, 11) is -9.92. The van der Waals surface area contributed by atoms with Crippen molar-refractivity contribution in [2.45, 2.75) is 464 Å². The molecule has 0 amide bonds. The molecule has 17 nitrogen and oxygen atoms in total. The summed E-state index contributed by atoms with van der Waals surface area (Å²) in [4.78, 5) is 73.2. The van der Waals surface area contributed by atoms with Crippen LogP contribution in [0.25, 0.3) is 0 Å². The van der Waals surface area contributed by atoms with Crippen LogP contribution >= 0.6 is 15.6 Å².